The molecule has 0 aromatic carbocycles. The van der Waals surface area contributed by atoms with Crippen LogP contribution in [0.15, 0.2) is 0 Å². The van der Waals surface area contributed by atoms with Crippen LogP contribution >= 0.6 is 0 Å². The van der Waals surface area contributed by atoms with Crippen LogP contribution in [0.4, 0.5) is 0 Å². The first-order chi connectivity index (χ1) is 8.00. The molecule has 0 aliphatic rings. The number of rotatable bonds is 0. The van der Waals surface area contributed by atoms with Crippen LogP contribution in [0, 0.1) is 20.8 Å². The summed E-state index contributed by atoms with van der Waals surface area (Å²) in [5, 5.41) is 106. The van der Waals surface area contributed by atoms with Gasteiger partial charge in [0.05, 0.1) is 20.5 Å². The van der Waals surface area contributed by atoms with Crippen LogP contribution < -0.4 is 0 Å². The van der Waals surface area contributed by atoms with E-state index in [0.29, 0.717) is 0 Å². The molecule has 0 saturated heterocycles. The minimum atomic E-state index is -3.25. The van der Waals surface area contributed by atoms with E-state index >= 15 is 0 Å². The average Bonchev–Trinajstić information content (AvgIpc) is 1.62. The minimum Gasteiger partial charge on any atom is -0.529 e. The molecule has 0 unspecified atom stereocenters. The van der Waals surface area contributed by atoms with Crippen molar-refractivity contribution < 1.29 is 109 Å². The van der Waals surface area contributed by atoms with Gasteiger partial charge in [-0.2, -0.15) is 0 Å². The third-order valence-corrected chi connectivity index (χ3v) is 0. The summed E-state index contributed by atoms with van der Waals surface area (Å²) in [5.41, 5.74) is 0. The van der Waals surface area contributed by atoms with E-state index in [9.17, 15) is 0 Å². The van der Waals surface area contributed by atoms with Gasteiger partial charge < -0.3 is 20.8 Å². The van der Waals surface area contributed by atoms with Crippen LogP contribution in [0.3, 0.4) is 0 Å². The SMILES string of the molecule is [O-][N+](O)(O)O.[O-][N+](O)(O)O.[O-][N+](O)(O)O.[O-][N+](O)(O)O.[Zr]. The summed E-state index contributed by atoms with van der Waals surface area (Å²) in [7, 11) is 0. The van der Waals surface area contributed by atoms with Crippen molar-refractivity contribution >= 4 is 0 Å². The normalized spacial score (nSPS) is 11.4. The van der Waals surface area contributed by atoms with Crippen molar-refractivity contribution in [2.24, 2.45) is 0 Å². The molecule has 132 valence electrons. The van der Waals surface area contributed by atoms with E-state index in [4.69, 9.17) is 83.3 Å². The molecule has 0 amide bonds. The van der Waals surface area contributed by atoms with Crippen molar-refractivity contribution in [3.8, 4) is 0 Å². The molecular formula is H12N4O16Zr. The standard InChI is InChI=1S/4H3NO4.Zr/c4*2-1(3,4)5;/h4*2-4H;. The Morgan fingerprint density at radius 2 is 0.333 bits per heavy atom. The largest absolute Gasteiger partial charge is 0.529 e. The zero-order chi connectivity index (χ0) is 18.0. The molecule has 0 radical (unpaired) electrons. The maximum Gasteiger partial charge on any atom is 0.0686 e. The zero-order valence-electron chi connectivity index (χ0n) is 9.29. The molecule has 20 nitrogen and oxygen atoms in total. The summed E-state index contributed by atoms with van der Waals surface area (Å²) in [6.07, 6.45) is 0. The van der Waals surface area contributed by atoms with Gasteiger partial charge in [0.15, 0.2) is 0 Å². The fourth-order valence-electron chi connectivity index (χ4n) is 0. The number of hydrogen-bond acceptors (Lipinski definition) is 16. The Morgan fingerprint density at radius 1 is 0.333 bits per heavy atom. The van der Waals surface area contributed by atoms with E-state index in [0.717, 1.165) is 0 Å². The smallest absolute Gasteiger partial charge is 0.0686 e. The van der Waals surface area contributed by atoms with Gasteiger partial charge in [0, 0.05) is 26.2 Å². The topological polar surface area (TPSA) is 335 Å². The van der Waals surface area contributed by atoms with Gasteiger partial charge in [0.1, 0.15) is 0 Å². The van der Waals surface area contributed by atoms with Crippen LogP contribution in [0.25, 0.3) is 0 Å². The van der Waals surface area contributed by atoms with Crippen LogP contribution in [-0.2, 0) is 26.2 Å². The molecular weight excluding hydrogens is 403 g/mol. The van der Waals surface area contributed by atoms with Crippen molar-refractivity contribution in [1.82, 2.24) is 0 Å². The van der Waals surface area contributed by atoms with Gasteiger partial charge in [-0.15, -0.1) is 62.5 Å². The van der Waals surface area contributed by atoms with Crippen molar-refractivity contribution in [3.05, 3.63) is 20.8 Å². The summed E-state index contributed by atoms with van der Waals surface area (Å²) in [6.45, 7) is 0. The maximum atomic E-state index is 8.71. The second-order valence-electron chi connectivity index (χ2n) is 2.05. The van der Waals surface area contributed by atoms with Crippen LogP contribution in [0.1, 0.15) is 0 Å². The number of hydrogen-bond donors (Lipinski definition) is 12. The van der Waals surface area contributed by atoms with Gasteiger partial charge in [-0.05, 0) is 0 Å². The van der Waals surface area contributed by atoms with Crippen LogP contribution in [0.2, 0.25) is 0 Å². The fourth-order valence-corrected chi connectivity index (χ4v) is 0. The van der Waals surface area contributed by atoms with E-state index < -0.39 is 20.5 Å². The maximum absolute atomic E-state index is 8.71. The Bertz CT molecular complexity index is 130. The monoisotopic (exact) mass is 414 g/mol. The molecule has 0 bridgehead atoms. The van der Waals surface area contributed by atoms with E-state index in [1.807, 2.05) is 0 Å². The fraction of sp³-hybridized carbons (Fsp3) is 0. The first-order valence-corrected chi connectivity index (χ1v) is 3.13. The molecule has 0 heterocycles. The zero-order valence-corrected chi connectivity index (χ0v) is 11.7. The van der Waals surface area contributed by atoms with E-state index in [2.05, 4.69) is 0 Å². The Balaban J connectivity index is -0.0000000533. The van der Waals surface area contributed by atoms with E-state index in [1.54, 1.807) is 0 Å². The van der Waals surface area contributed by atoms with Gasteiger partial charge in [0.2, 0.25) is 0 Å². The van der Waals surface area contributed by atoms with Crippen molar-refractivity contribution in [3.63, 3.8) is 0 Å². The average molecular weight is 415 g/mol. The minimum absolute atomic E-state index is 0. The van der Waals surface area contributed by atoms with Gasteiger partial charge in [-0.3, -0.25) is 0 Å². The molecule has 0 fully saturated rings. The summed E-state index contributed by atoms with van der Waals surface area (Å²) in [5.74, 6) is 0. The summed E-state index contributed by atoms with van der Waals surface area (Å²) >= 11 is 0. The Morgan fingerprint density at radius 3 is 0.333 bits per heavy atom. The summed E-state index contributed by atoms with van der Waals surface area (Å²) < 4.78 is 0. The van der Waals surface area contributed by atoms with Gasteiger partial charge >= 0.3 is 0 Å². The third kappa shape index (κ3) is 951000. The van der Waals surface area contributed by atoms with Crippen molar-refractivity contribution in [2.45, 2.75) is 0 Å². The summed E-state index contributed by atoms with van der Waals surface area (Å²) in [4.78, 5) is 0. The number of quaternary nitrogens is 4. The molecule has 12 N–H and O–H groups in total. The second-order valence-corrected chi connectivity index (χ2v) is 2.05. The van der Waals surface area contributed by atoms with Gasteiger partial charge in [-0.25, -0.2) is 0 Å². The second kappa shape index (κ2) is 12.6. The number of nitrogens with zero attached hydrogens (tertiary/aromatic N) is 4. The first-order valence-electron chi connectivity index (χ1n) is 3.13. The van der Waals surface area contributed by atoms with Gasteiger partial charge in [0.25, 0.3) is 0 Å². The molecule has 0 rings (SSSR count). The molecule has 21 heteroatoms. The van der Waals surface area contributed by atoms with E-state index in [1.165, 1.54) is 0 Å². The molecule has 21 heavy (non-hydrogen) atoms. The third-order valence-electron chi connectivity index (χ3n) is 0. The Hall–Kier alpha value is 0.0831. The quantitative estimate of drug-likeness (QED) is 0.148. The molecule has 0 aromatic heterocycles. The van der Waals surface area contributed by atoms with Crippen molar-refractivity contribution in [1.29, 1.82) is 0 Å². The molecule has 0 saturated carbocycles. The Labute approximate surface area is 130 Å². The predicted molar refractivity (Wildman–Crippen MR) is 35.9 cm³/mol. The Kier molecular flexibility index (Phi) is 19.7. The predicted octanol–water partition coefficient (Wildman–Crippen LogP) is -2.13. The first kappa shape index (κ1) is 32.9. The van der Waals surface area contributed by atoms with Gasteiger partial charge in [-0.1, -0.05) is 0 Å². The van der Waals surface area contributed by atoms with Crippen molar-refractivity contribution in [2.75, 3.05) is 0 Å². The molecule has 0 aromatic rings. The molecule has 0 atom stereocenters. The molecule has 0 aliphatic carbocycles. The summed E-state index contributed by atoms with van der Waals surface area (Å²) in [6, 6.07) is 0. The van der Waals surface area contributed by atoms with E-state index in [-0.39, 0.29) is 26.2 Å². The molecule has 0 aliphatic heterocycles. The van der Waals surface area contributed by atoms with Crippen LogP contribution in [0.5, 0.6) is 0 Å². The van der Waals surface area contributed by atoms with Crippen LogP contribution in [-0.4, -0.2) is 83.0 Å². The molecule has 0 spiro atoms.